The van der Waals surface area contributed by atoms with Crippen LogP contribution in [0, 0.1) is 0 Å². The Morgan fingerprint density at radius 3 is 2.29 bits per heavy atom. The van der Waals surface area contributed by atoms with Gasteiger partial charge < -0.3 is 15.0 Å². The lowest BCUT2D eigenvalue weighted by Gasteiger charge is -2.33. The zero-order chi connectivity index (χ0) is 12.7. The van der Waals surface area contributed by atoms with Crippen LogP contribution in [0.1, 0.15) is 6.42 Å². The molecule has 1 amide bonds. The number of amides is 1. The van der Waals surface area contributed by atoms with E-state index < -0.39 is 0 Å². The number of methoxy groups -OCH3 is 1. The summed E-state index contributed by atoms with van der Waals surface area (Å²) in [5.74, 6) is -0.120. The average molecular weight is 243 g/mol. The first kappa shape index (κ1) is 13.9. The highest BCUT2D eigenvalue weighted by atomic mass is 16.5. The maximum absolute atomic E-state index is 11.2. The topological polar surface area (TPSA) is 61.9 Å². The third-order valence-corrected chi connectivity index (χ3v) is 2.97. The molecule has 0 spiro atoms. The summed E-state index contributed by atoms with van der Waals surface area (Å²) in [5.41, 5.74) is 0. The molecule has 0 aromatic carbocycles. The van der Waals surface area contributed by atoms with E-state index >= 15 is 0 Å². The van der Waals surface area contributed by atoms with Crippen LogP contribution in [-0.4, -0.2) is 75.1 Å². The predicted molar refractivity (Wildman–Crippen MR) is 63.6 cm³/mol. The van der Waals surface area contributed by atoms with E-state index in [1.165, 1.54) is 7.11 Å². The molecule has 0 radical (unpaired) electrons. The third kappa shape index (κ3) is 5.14. The second kappa shape index (κ2) is 7.24. The Morgan fingerprint density at radius 2 is 1.76 bits per heavy atom. The molecule has 0 unspecified atom stereocenters. The number of carbonyl (C=O) groups is 2. The Labute approximate surface area is 102 Å². The number of carbonyl (C=O) groups excluding carboxylic acids is 2. The van der Waals surface area contributed by atoms with Gasteiger partial charge in [0.1, 0.15) is 0 Å². The molecule has 1 aliphatic rings. The SMILES string of the molecule is CNC(=O)CN1CCN(CCC(=O)OC)CC1. The first-order valence-electron chi connectivity index (χ1n) is 5.88. The Morgan fingerprint density at radius 1 is 1.18 bits per heavy atom. The van der Waals surface area contributed by atoms with Crippen LogP contribution in [0.15, 0.2) is 0 Å². The van der Waals surface area contributed by atoms with Crippen LogP contribution in [0.4, 0.5) is 0 Å². The van der Waals surface area contributed by atoms with Crippen molar-refractivity contribution in [3.05, 3.63) is 0 Å². The van der Waals surface area contributed by atoms with Crippen molar-refractivity contribution >= 4 is 11.9 Å². The minimum Gasteiger partial charge on any atom is -0.469 e. The van der Waals surface area contributed by atoms with E-state index in [-0.39, 0.29) is 11.9 Å². The molecular weight excluding hydrogens is 222 g/mol. The molecule has 1 saturated heterocycles. The van der Waals surface area contributed by atoms with Gasteiger partial charge in [0.25, 0.3) is 0 Å². The molecule has 0 aromatic heterocycles. The zero-order valence-corrected chi connectivity index (χ0v) is 10.6. The van der Waals surface area contributed by atoms with E-state index in [2.05, 4.69) is 19.9 Å². The summed E-state index contributed by atoms with van der Waals surface area (Å²) in [5, 5.41) is 2.62. The fraction of sp³-hybridized carbons (Fsp3) is 0.818. The standard InChI is InChI=1S/C11H21N3O3/c1-12-10(15)9-14-7-5-13(6-8-14)4-3-11(16)17-2/h3-9H2,1-2H3,(H,12,15). The molecule has 98 valence electrons. The maximum atomic E-state index is 11.2. The molecule has 0 aromatic rings. The van der Waals surface area contributed by atoms with Gasteiger partial charge in [-0.25, -0.2) is 0 Å². The van der Waals surface area contributed by atoms with Crippen molar-refractivity contribution in [2.24, 2.45) is 0 Å². The number of likely N-dealkylation sites (N-methyl/N-ethyl adjacent to an activating group) is 1. The molecule has 6 nitrogen and oxygen atoms in total. The molecule has 1 N–H and O–H groups in total. The van der Waals surface area contributed by atoms with Crippen molar-refractivity contribution in [1.29, 1.82) is 0 Å². The molecule has 1 fully saturated rings. The molecule has 0 bridgehead atoms. The monoisotopic (exact) mass is 243 g/mol. The fourth-order valence-electron chi connectivity index (χ4n) is 1.80. The van der Waals surface area contributed by atoms with Gasteiger partial charge in [-0.15, -0.1) is 0 Å². The Balaban J connectivity index is 2.17. The van der Waals surface area contributed by atoms with Gasteiger partial charge in [-0.2, -0.15) is 0 Å². The van der Waals surface area contributed by atoms with E-state index in [0.717, 1.165) is 32.7 Å². The average Bonchev–Trinajstić information content (AvgIpc) is 2.37. The lowest BCUT2D eigenvalue weighted by atomic mass is 10.3. The number of nitrogens with one attached hydrogen (secondary N) is 1. The lowest BCUT2D eigenvalue weighted by Crippen LogP contribution is -2.49. The number of ether oxygens (including phenoxy) is 1. The summed E-state index contributed by atoms with van der Waals surface area (Å²) < 4.78 is 4.60. The van der Waals surface area contributed by atoms with Crippen molar-refractivity contribution in [2.45, 2.75) is 6.42 Å². The van der Waals surface area contributed by atoms with Crippen LogP contribution in [-0.2, 0) is 14.3 Å². The second-order valence-corrected chi connectivity index (χ2v) is 4.12. The minimum atomic E-state index is -0.169. The molecule has 0 aliphatic carbocycles. The Kier molecular flexibility index (Phi) is 5.93. The fourth-order valence-corrected chi connectivity index (χ4v) is 1.80. The Hall–Kier alpha value is -1.14. The van der Waals surface area contributed by atoms with Gasteiger partial charge in [0.15, 0.2) is 0 Å². The van der Waals surface area contributed by atoms with Crippen LogP contribution >= 0.6 is 0 Å². The molecule has 0 atom stereocenters. The molecule has 1 aliphatic heterocycles. The largest absolute Gasteiger partial charge is 0.469 e. The highest BCUT2D eigenvalue weighted by Crippen LogP contribution is 2.02. The van der Waals surface area contributed by atoms with Gasteiger partial charge in [0.05, 0.1) is 20.1 Å². The minimum absolute atomic E-state index is 0.0491. The van der Waals surface area contributed by atoms with E-state index in [1.54, 1.807) is 7.05 Å². The summed E-state index contributed by atoms with van der Waals surface area (Å²) in [6.45, 7) is 4.73. The normalized spacial score (nSPS) is 17.8. The van der Waals surface area contributed by atoms with E-state index in [4.69, 9.17) is 0 Å². The highest BCUT2D eigenvalue weighted by molar-refractivity contribution is 5.77. The molecule has 6 heteroatoms. The lowest BCUT2D eigenvalue weighted by molar-refractivity contribution is -0.141. The van der Waals surface area contributed by atoms with Gasteiger partial charge in [-0.05, 0) is 0 Å². The summed E-state index contributed by atoms with van der Waals surface area (Å²) in [6.07, 6.45) is 0.436. The maximum Gasteiger partial charge on any atom is 0.306 e. The smallest absolute Gasteiger partial charge is 0.306 e. The zero-order valence-electron chi connectivity index (χ0n) is 10.6. The predicted octanol–water partition coefficient (Wildman–Crippen LogP) is -1.09. The van der Waals surface area contributed by atoms with Gasteiger partial charge in [-0.3, -0.25) is 14.5 Å². The number of nitrogens with zero attached hydrogens (tertiary/aromatic N) is 2. The van der Waals surface area contributed by atoms with Crippen LogP contribution in [0.25, 0.3) is 0 Å². The number of piperazine rings is 1. The van der Waals surface area contributed by atoms with Crippen LogP contribution < -0.4 is 5.32 Å². The molecule has 0 saturated carbocycles. The molecular formula is C11H21N3O3. The quantitative estimate of drug-likeness (QED) is 0.622. The van der Waals surface area contributed by atoms with Crippen LogP contribution in [0.5, 0.6) is 0 Å². The number of hydrogen-bond acceptors (Lipinski definition) is 5. The van der Waals surface area contributed by atoms with E-state index in [0.29, 0.717) is 13.0 Å². The summed E-state index contributed by atoms with van der Waals surface area (Å²) in [7, 11) is 3.05. The van der Waals surface area contributed by atoms with E-state index in [1.807, 2.05) is 0 Å². The molecule has 17 heavy (non-hydrogen) atoms. The van der Waals surface area contributed by atoms with E-state index in [9.17, 15) is 9.59 Å². The van der Waals surface area contributed by atoms with Gasteiger partial charge >= 0.3 is 5.97 Å². The van der Waals surface area contributed by atoms with Gasteiger partial charge in [-0.1, -0.05) is 0 Å². The van der Waals surface area contributed by atoms with Gasteiger partial charge in [0.2, 0.25) is 5.91 Å². The Bertz CT molecular complexity index is 263. The number of esters is 1. The van der Waals surface area contributed by atoms with Crippen molar-refractivity contribution in [2.75, 3.05) is 53.4 Å². The van der Waals surface area contributed by atoms with Gasteiger partial charge in [0, 0.05) is 39.8 Å². The van der Waals surface area contributed by atoms with Crippen molar-refractivity contribution in [1.82, 2.24) is 15.1 Å². The summed E-state index contributed by atoms with van der Waals surface area (Å²) in [4.78, 5) is 26.5. The van der Waals surface area contributed by atoms with Crippen molar-refractivity contribution in [3.8, 4) is 0 Å². The number of rotatable bonds is 5. The third-order valence-electron chi connectivity index (χ3n) is 2.97. The highest BCUT2D eigenvalue weighted by Gasteiger charge is 2.18. The van der Waals surface area contributed by atoms with Crippen molar-refractivity contribution in [3.63, 3.8) is 0 Å². The molecule has 1 heterocycles. The van der Waals surface area contributed by atoms with Crippen LogP contribution in [0.3, 0.4) is 0 Å². The number of hydrogen-bond donors (Lipinski definition) is 1. The van der Waals surface area contributed by atoms with Crippen LogP contribution in [0.2, 0.25) is 0 Å². The molecule has 1 rings (SSSR count). The first-order chi connectivity index (χ1) is 8.15. The summed E-state index contributed by atoms with van der Waals surface area (Å²) in [6, 6.07) is 0. The first-order valence-corrected chi connectivity index (χ1v) is 5.88. The summed E-state index contributed by atoms with van der Waals surface area (Å²) >= 11 is 0. The second-order valence-electron chi connectivity index (χ2n) is 4.12. The van der Waals surface area contributed by atoms with Crippen molar-refractivity contribution < 1.29 is 14.3 Å².